The lowest BCUT2D eigenvalue weighted by molar-refractivity contribution is 0.0218. The van der Waals surface area contributed by atoms with E-state index in [-0.39, 0.29) is 34.1 Å². The van der Waals surface area contributed by atoms with E-state index in [9.17, 15) is 9.59 Å². The highest BCUT2D eigenvalue weighted by atomic mass is 35.5. The average Bonchev–Trinajstić information content (AvgIpc) is 2.83. The first kappa shape index (κ1) is 29.1. The lowest BCUT2D eigenvalue weighted by Crippen LogP contribution is -2.55. The summed E-state index contributed by atoms with van der Waals surface area (Å²) in [5.41, 5.74) is 1.69. The Morgan fingerprint density at radius 3 is 2.38 bits per heavy atom. The molecule has 3 aromatic rings. The minimum Gasteiger partial charge on any atom is -0.444 e. The van der Waals surface area contributed by atoms with Crippen LogP contribution in [0.4, 0.5) is 10.6 Å². The van der Waals surface area contributed by atoms with Crippen LogP contribution in [-0.2, 0) is 4.74 Å². The lowest BCUT2D eigenvalue weighted by atomic mass is 9.97. The van der Waals surface area contributed by atoms with Gasteiger partial charge in [0, 0.05) is 31.9 Å². The number of hydrogen-bond donors (Lipinski definition) is 0. The molecule has 3 aromatic heterocycles. The second-order valence-electron chi connectivity index (χ2n) is 11.6. The van der Waals surface area contributed by atoms with Crippen LogP contribution in [0.25, 0.3) is 16.7 Å². The molecule has 0 saturated carbocycles. The summed E-state index contributed by atoms with van der Waals surface area (Å²) in [6.45, 7) is 17.0. The molecule has 1 aliphatic heterocycles. The summed E-state index contributed by atoms with van der Waals surface area (Å²) in [7, 11) is 0. The molecule has 0 aliphatic carbocycles. The summed E-state index contributed by atoms with van der Waals surface area (Å²) in [6, 6.07) is 3.48. The summed E-state index contributed by atoms with van der Waals surface area (Å²) >= 11 is 12.9. The van der Waals surface area contributed by atoms with Crippen LogP contribution in [0.1, 0.15) is 78.5 Å². The number of pyridine rings is 2. The maximum atomic E-state index is 13.9. The molecule has 1 amide bonds. The molecule has 0 aromatic carbocycles. The maximum absolute atomic E-state index is 13.9. The van der Waals surface area contributed by atoms with Gasteiger partial charge in [-0.25, -0.2) is 19.1 Å². The standard InChI is InChI=1S/C28H36Cl2N6O3/c1-15(2)18-9-10-31-21(16(3)4)22(18)36-25-19(13-20(29)23(30)32-25)24(33-26(36)37)35-12-11-34(14-17(35)5)27(38)39-28(6,7)8/h9-10,13,15-17H,11-12,14H2,1-8H3. The molecule has 0 N–H and O–H groups in total. The van der Waals surface area contributed by atoms with Gasteiger partial charge in [-0.2, -0.15) is 4.98 Å². The largest absolute Gasteiger partial charge is 0.444 e. The van der Waals surface area contributed by atoms with Crippen molar-refractivity contribution in [3.8, 4) is 5.69 Å². The molecule has 0 spiro atoms. The first-order valence-electron chi connectivity index (χ1n) is 13.2. The zero-order valence-electron chi connectivity index (χ0n) is 23.7. The first-order valence-corrected chi connectivity index (χ1v) is 14.0. The van der Waals surface area contributed by atoms with E-state index in [1.54, 1.807) is 17.2 Å². The number of fused-ring (bicyclic) bond motifs is 1. The number of carbonyl (C=O) groups excluding carboxylic acids is 1. The first-order chi connectivity index (χ1) is 18.2. The molecule has 1 unspecified atom stereocenters. The van der Waals surface area contributed by atoms with E-state index in [4.69, 9.17) is 27.9 Å². The molecule has 4 heterocycles. The fourth-order valence-electron chi connectivity index (χ4n) is 4.89. The van der Waals surface area contributed by atoms with Crippen molar-refractivity contribution in [1.29, 1.82) is 0 Å². The van der Waals surface area contributed by atoms with E-state index in [0.717, 1.165) is 11.3 Å². The molecule has 1 aliphatic rings. The molecule has 1 saturated heterocycles. The summed E-state index contributed by atoms with van der Waals surface area (Å²) in [4.78, 5) is 44.1. The third-order valence-electron chi connectivity index (χ3n) is 6.69. The van der Waals surface area contributed by atoms with Crippen LogP contribution in [0.2, 0.25) is 10.2 Å². The molecule has 39 heavy (non-hydrogen) atoms. The lowest BCUT2D eigenvalue weighted by Gasteiger charge is -2.41. The van der Waals surface area contributed by atoms with Gasteiger partial charge in [0.05, 0.1) is 21.8 Å². The second kappa shape index (κ2) is 10.9. The minimum atomic E-state index is -0.586. The Bertz CT molecular complexity index is 1440. The number of halogens is 2. The number of nitrogens with zero attached hydrogens (tertiary/aromatic N) is 6. The van der Waals surface area contributed by atoms with Gasteiger partial charge in [0.2, 0.25) is 0 Å². The Kier molecular flexibility index (Phi) is 8.15. The minimum absolute atomic E-state index is 0.0454. The van der Waals surface area contributed by atoms with Gasteiger partial charge in [-0.05, 0) is 57.2 Å². The van der Waals surface area contributed by atoms with Gasteiger partial charge in [-0.1, -0.05) is 50.9 Å². The predicted octanol–water partition coefficient (Wildman–Crippen LogP) is 6.17. The number of hydrogen-bond acceptors (Lipinski definition) is 7. The third kappa shape index (κ3) is 5.84. The van der Waals surface area contributed by atoms with Crippen LogP contribution in [0, 0.1) is 0 Å². The highest BCUT2D eigenvalue weighted by Crippen LogP contribution is 2.35. The summed E-state index contributed by atoms with van der Waals surface area (Å²) < 4.78 is 7.08. The molecular weight excluding hydrogens is 539 g/mol. The van der Waals surface area contributed by atoms with Crippen molar-refractivity contribution in [3.05, 3.63) is 50.2 Å². The zero-order chi connectivity index (χ0) is 28.8. The van der Waals surface area contributed by atoms with Crippen molar-refractivity contribution in [2.75, 3.05) is 24.5 Å². The quantitative estimate of drug-likeness (QED) is 0.343. The number of amides is 1. The van der Waals surface area contributed by atoms with E-state index < -0.39 is 11.3 Å². The summed E-state index contributed by atoms with van der Waals surface area (Å²) in [5.74, 6) is 0.615. The van der Waals surface area contributed by atoms with Crippen LogP contribution < -0.4 is 10.6 Å². The average molecular weight is 576 g/mol. The third-order valence-corrected chi connectivity index (χ3v) is 7.36. The predicted molar refractivity (Wildman–Crippen MR) is 156 cm³/mol. The van der Waals surface area contributed by atoms with Crippen LogP contribution in [-0.4, -0.2) is 61.8 Å². The number of ether oxygens (including phenoxy) is 1. The highest BCUT2D eigenvalue weighted by molar-refractivity contribution is 6.41. The van der Waals surface area contributed by atoms with Crippen LogP contribution in [0.3, 0.4) is 0 Å². The normalized spacial score (nSPS) is 16.5. The Morgan fingerprint density at radius 1 is 1.10 bits per heavy atom. The monoisotopic (exact) mass is 574 g/mol. The summed E-state index contributed by atoms with van der Waals surface area (Å²) in [5, 5.41) is 0.949. The van der Waals surface area contributed by atoms with E-state index in [1.165, 1.54) is 4.57 Å². The van der Waals surface area contributed by atoms with Gasteiger partial charge in [-0.3, -0.25) is 4.98 Å². The topological polar surface area (TPSA) is 93.5 Å². The maximum Gasteiger partial charge on any atom is 0.410 e. The summed E-state index contributed by atoms with van der Waals surface area (Å²) in [6.07, 6.45) is 1.41. The van der Waals surface area contributed by atoms with E-state index >= 15 is 0 Å². The Morgan fingerprint density at radius 2 is 1.79 bits per heavy atom. The molecule has 11 heteroatoms. The van der Waals surface area contributed by atoms with Gasteiger partial charge >= 0.3 is 11.8 Å². The zero-order valence-corrected chi connectivity index (χ0v) is 25.3. The number of carbonyl (C=O) groups is 1. The van der Waals surface area contributed by atoms with Crippen molar-refractivity contribution in [2.24, 2.45) is 0 Å². The van der Waals surface area contributed by atoms with Gasteiger partial charge in [0.1, 0.15) is 16.6 Å². The Hall–Kier alpha value is -2.91. The number of anilines is 1. The fourth-order valence-corrected chi connectivity index (χ4v) is 5.17. The Balaban J connectivity index is 1.89. The van der Waals surface area contributed by atoms with Gasteiger partial charge in [0.25, 0.3) is 0 Å². The van der Waals surface area contributed by atoms with Gasteiger partial charge < -0.3 is 14.5 Å². The van der Waals surface area contributed by atoms with Crippen LogP contribution >= 0.6 is 23.2 Å². The fraction of sp³-hybridized carbons (Fsp3) is 0.536. The van der Waals surface area contributed by atoms with Crippen molar-refractivity contribution < 1.29 is 9.53 Å². The Labute approximate surface area is 239 Å². The molecule has 0 bridgehead atoms. The molecule has 1 atom stereocenters. The van der Waals surface area contributed by atoms with E-state index in [1.807, 2.05) is 52.5 Å². The molecule has 1 fully saturated rings. The van der Waals surface area contributed by atoms with Crippen molar-refractivity contribution in [1.82, 2.24) is 24.4 Å². The van der Waals surface area contributed by atoms with Crippen molar-refractivity contribution >= 4 is 46.1 Å². The smallest absolute Gasteiger partial charge is 0.410 e. The molecule has 210 valence electrons. The van der Waals surface area contributed by atoms with Crippen molar-refractivity contribution in [3.63, 3.8) is 0 Å². The SMILES string of the molecule is CC(C)c1ccnc(C(C)C)c1-n1c(=O)nc(N2CCN(C(=O)OC(C)(C)C)CC2C)c2cc(Cl)c(Cl)nc21. The molecule has 9 nitrogen and oxygen atoms in total. The van der Waals surface area contributed by atoms with Crippen LogP contribution in [0.15, 0.2) is 23.1 Å². The van der Waals surface area contributed by atoms with E-state index in [0.29, 0.717) is 42.2 Å². The van der Waals surface area contributed by atoms with Gasteiger partial charge in [-0.15, -0.1) is 0 Å². The molecular formula is C28H36Cl2N6O3. The van der Waals surface area contributed by atoms with Crippen molar-refractivity contribution in [2.45, 2.75) is 78.9 Å². The molecule has 4 rings (SSSR count). The van der Waals surface area contributed by atoms with E-state index in [2.05, 4.69) is 28.8 Å². The number of rotatable bonds is 4. The number of aromatic nitrogens is 4. The second-order valence-corrected chi connectivity index (χ2v) is 12.4. The van der Waals surface area contributed by atoms with Gasteiger partial charge in [0.15, 0.2) is 5.65 Å². The highest BCUT2D eigenvalue weighted by Gasteiger charge is 2.33. The molecule has 0 radical (unpaired) electrons. The van der Waals surface area contributed by atoms with Crippen LogP contribution in [0.5, 0.6) is 0 Å². The number of piperazine rings is 1.